The lowest BCUT2D eigenvalue weighted by Crippen LogP contribution is -2.44. The van der Waals surface area contributed by atoms with Crippen molar-refractivity contribution in [3.63, 3.8) is 0 Å². The first-order valence-corrected chi connectivity index (χ1v) is 6.14. The highest BCUT2D eigenvalue weighted by atomic mass is 16.5. The van der Waals surface area contributed by atoms with Gasteiger partial charge in [-0.3, -0.25) is 4.79 Å². The van der Waals surface area contributed by atoms with Crippen LogP contribution in [0.4, 0.5) is 0 Å². The predicted molar refractivity (Wildman–Crippen MR) is 67.1 cm³/mol. The third-order valence-corrected chi connectivity index (χ3v) is 3.10. The Bertz CT molecular complexity index is 424. The highest BCUT2D eigenvalue weighted by Crippen LogP contribution is 2.27. The topological polar surface area (TPSA) is 55.4 Å². The van der Waals surface area contributed by atoms with E-state index < -0.39 is 0 Å². The summed E-state index contributed by atoms with van der Waals surface area (Å²) < 4.78 is 5.23. The van der Waals surface area contributed by atoms with Gasteiger partial charge in [-0.2, -0.15) is 0 Å². The number of hydrogen-bond acceptors (Lipinski definition) is 3. The van der Waals surface area contributed by atoms with Crippen molar-refractivity contribution in [1.29, 1.82) is 0 Å². The van der Waals surface area contributed by atoms with E-state index in [-0.39, 0.29) is 17.9 Å². The quantitative estimate of drug-likeness (QED) is 0.825. The molecule has 1 aliphatic carbocycles. The van der Waals surface area contributed by atoms with Crippen LogP contribution < -0.4 is 5.32 Å². The van der Waals surface area contributed by atoms with Crippen LogP contribution in [0.25, 0.3) is 0 Å². The van der Waals surface area contributed by atoms with Crippen molar-refractivity contribution >= 4 is 11.9 Å². The molecule has 0 heterocycles. The number of carbonyl (C=O) groups is 2. The van der Waals surface area contributed by atoms with Gasteiger partial charge in [0.25, 0.3) is 0 Å². The van der Waals surface area contributed by atoms with Gasteiger partial charge in [-0.15, -0.1) is 0 Å². The van der Waals surface area contributed by atoms with E-state index in [1.165, 1.54) is 6.92 Å². The number of carbonyl (C=O) groups excluding carboxylic acids is 2. The van der Waals surface area contributed by atoms with Gasteiger partial charge in [-0.25, -0.2) is 4.79 Å². The molecule has 18 heavy (non-hydrogen) atoms. The van der Waals surface area contributed by atoms with Crippen LogP contribution in [-0.2, 0) is 9.53 Å². The van der Waals surface area contributed by atoms with E-state index in [4.69, 9.17) is 4.74 Å². The Labute approximate surface area is 106 Å². The summed E-state index contributed by atoms with van der Waals surface area (Å²) in [6.07, 6.45) is 1.78. The van der Waals surface area contributed by atoms with Crippen LogP contribution in [0.15, 0.2) is 30.3 Å². The zero-order valence-electron chi connectivity index (χ0n) is 10.4. The van der Waals surface area contributed by atoms with Gasteiger partial charge in [0.1, 0.15) is 0 Å². The third-order valence-electron chi connectivity index (χ3n) is 3.10. The van der Waals surface area contributed by atoms with Gasteiger partial charge in [0.05, 0.1) is 12.2 Å². The van der Waals surface area contributed by atoms with Crippen LogP contribution in [0, 0.1) is 5.92 Å². The highest BCUT2D eigenvalue weighted by molar-refractivity contribution is 5.89. The first kappa shape index (κ1) is 12.6. The van der Waals surface area contributed by atoms with E-state index in [2.05, 4.69) is 5.32 Å². The Kier molecular flexibility index (Phi) is 3.97. The van der Waals surface area contributed by atoms with Crippen LogP contribution >= 0.6 is 0 Å². The molecule has 0 spiro atoms. The van der Waals surface area contributed by atoms with Gasteiger partial charge < -0.3 is 10.1 Å². The Morgan fingerprint density at radius 1 is 1.28 bits per heavy atom. The fourth-order valence-corrected chi connectivity index (χ4v) is 2.13. The maximum absolute atomic E-state index is 11.7. The van der Waals surface area contributed by atoms with E-state index in [1.807, 2.05) is 18.2 Å². The molecule has 1 N–H and O–H groups in total. The van der Waals surface area contributed by atoms with Crippen LogP contribution in [0.5, 0.6) is 0 Å². The molecule has 1 aromatic rings. The minimum Gasteiger partial charge on any atom is -0.462 e. The lowest BCUT2D eigenvalue weighted by molar-refractivity contribution is -0.120. The van der Waals surface area contributed by atoms with E-state index >= 15 is 0 Å². The van der Waals surface area contributed by atoms with Crippen molar-refractivity contribution in [2.75, 3.05) is 6.61 Å². The Hall–Kier alpha value is -1.84. The van der Waals surface area contributed by atoms with Gasteiger partial charge in [-0.1, -0.05) is 18.2 Å². The lowest BCUT2D eigenvalue weighted by Gasteiger charge is -2.35. The van der Waals surface area contributed by atoms with E-state index in [9.17, 15) is 9.59 Å². The maximum Gasteiger partial charge on any atom is 0.338 e. The first-order valence-electron chi connectivity index (χ1n) is 6.14. The van der Waals surface area contributed by atoms with Crippen molar-refractivity contribution in [3.05, 3.63) is 35.9 Å². The summed E-state index contributed by atoms with van der Waals surface area (Å²) in [4.78, 5) is 22.5. The predicted octanol–water partition coefficient (Wildman–Crippen LogP) is 1.76. The molecule has 1 fully saturated rings. The molecule has 2 rings (SSSR count). The Balaban J connectivity index is 1.68. The van der Waals surface area contributed by atoms with Crippen molar-refractivity contribution in [2.45, 2.75) is 25.8 Å². The van der Waals surface area contributed by atoms with Gasteiger partial charge >= 0.3 is 5.97 Å². The maximum atomic E-state index is 11.7. The molecule has 0 aliphatic heterocycles. The molecule has 4 heteroatoms. The molecule has 0 bridgehead atoms. The largest absolute Gasteiger partial charge is 0.462 e. The van der Waals surface area contributed by atoms with Crippen LogP contribution in [0.1, 0.15) is 30.1 Å². The van der Waals surface area contributed by atoms with Gasteiger partial charge in [-0.05, 0) is 30.9 Å². The minimum absolute atomic E-state index is 0.000250. The average molecular weight is 247 g/mol. The molecular weight excluding hydrogens is 230 g/mol. The number of hydrogen-bond donors (Lipinski definition) is 1. The van der Waals surface area contributed by atoms with Gasteiger partial charge in [0, 0.05) is 13.0 Å². The second kappa shape index (κ2) is 5.67. The molecule has 1 aromatic carbocycles. The summed E-state index contributed by atoms with van der Waals surface area (Å²) in [5.74, 6) is 0.0906. The Morgan fingerprint density at radius 3 is 2.56 bits per heavy atom. The summed E-state index contributed by atoms with van der Waals surface area (Å²) in [7, 11) is 0. The molecule has 96 valence electrons. The SMILES string of the molecule is CC(=O)N[C@H]1C[C@H](COC(=O)c2ccccc2)C1. The molecule has 0 aromatic heterocycles. The molecule has 4 nitrogen and oxygen atoms in total. The zero-order valence-corrected chi connectivity index (χ0v) is 10.4. The highest BCUT2D eigenvalue weighted by Gasteiger charge is 2.30. The van der Waals surface area contributed by atoms with Crippen LogP contribution in [0.3, 0.4) is 0 Å². The zero-order chi connectivity index (χ0) is 13.0. The number of rotatable bonds is 4. The molecule has 1 amide bonds. The van der Waals surface area contributed by atoms with Crippen molar-refractivity contribution < 1.29 is 14.3 Å². The molecular formula is C14H17NO3. The van der Waals surface area contributed by atoms with Gasteiger partial charge in [0.2, 0.25) is 5.91 Å². The first-order chi connectivity index (χ1) is 8.65. The van der Waals surface area contributed by atoms with Crippen molar-refractivity contribution in [1.82, 2.24) is 5.32 Å². The summed E-state index contributed by atoms with van der Waals surface area (Å²) in [5, 5.41) is 2.85. The monoisotopic (exact) mass is 247 g/mol. The molecule has 0 unspecified atom stereocenters. The Morgan fingerprint density at radius 2 is 1.94 bits per heavy atom. The fraction of sp³-hybridized carbons (Fsp3) is 0.429. The fourth-order valence-electron chi connectivity index (χ4n) is 2.13. The normalized spacial score (nSPS) is 21.8. The number of esters is 1. The molecule has 1 saturated carbocycles. The smallest absolute Gasteiger partial charge is 0.338 e. The second-order valence-electron chi connectivity index (χ2n) is 4.70. The number of nitrogens with one attached hydrogen (secondary N) is 1. The summed E-state index contributed by atoms with van der Waals surface area (Å²) in [6.45, 7) is 1.95. The van der Waals surface area contributed by atoms with Crippen LogP contribution in [0.2, 0.25) is 0 Å². The van der Waals surface area contributed by atoms with E-state index in [0.29, 0.717) is 18.1 Å². The standard InChI is InChI=1S/C14H17NO3/c1-10(16)15-13-7-11(8-13)9-18-14(17)12-5-3-2-4-6-12/h2-6,11,13H,7-9H2,1H3,(H,15,16)/t11-,13-. The number of amides is 1. The third kappa shape index (κ3) is 3.32. The number of ether oxygens (including phenoxy) is 1. The molecule has 1 aliphatic rings. The average Bonchev–Trinajstić information content (AvgIpc) is 2.32. The summed E-state index contributed by atoms with van der Waals surface area (Å²) in [5.41, 5.74) is 0.579. The van der Waals surface area contributed by atoms with E-state index in [0.717, 1.165) is 12.8 Å². The molecule has 0 saturated heterocycles. The van der Waals surface area contributed by atoms with Crippen LogP contribution in [-0.4, -0.2) is 24.5 Å². The lowest BCUT2D eigenvalue weighted by atomic mass is 9.81. The molecule has 0 atom stereocenters. The summed E-state index contributed by atoms with van der Waals surface area (Å²) >= 11 is 0. The summed E-state index contributed by atoms with van der Waals surface area (Å²) in [6, 6.07) is 9.22. The van der Waals surface area contributed by atoms with E-state index in [1.54, 1.807) is 12.1 Å². The second-order valence-corrected chi connectivity index (χ2v) is 4.70. The minimum atomic E-state index is -0.279. The molecule has 0 radical (unpaired) electrons. The van der Waals surface area contributed by atoms with Gasteiger partial charge in [0.15, 0.2) is 0 Å². The van der Waals surface area contributed by atoms with Crippen molar-refractivity contribution in [3.8, 4) is 0 Å². The van der Waals surface area contributed by atoms with Crippen molar-refractivity contribution in [2.24, 2.45) is 5.92 Å². The number of benzene rings is 1.